The molecule has 0 atom stereocenters. The molecule has 0 unspecified atom stereocenters. The highest BCUT2D eigenvalue weighted by Crippen LogP contribution is 2.27. The van der Waals surface area contributed by atoms with Crippen LogP contribution in [0.4, 0.5) is 11.5 Å². The summed E-state index contributed by atoms with van der Waals surface area (Å²) in [4.78, 5) is 19.8. The fourth-order valence-corrected chi connectivity index (χ4v) is 2.75. The minimum absolute atomic E-state index is 0.0429. The quantitative estimate of drug-likeness (QED) is 0.461. The number of para-hydroxylation sites is 2. The van der Waals surface area contributed by atoms with Crippen LogP contribution in [-0.4, -0.2) is 26.3 Å². The summed E-state index contributed by atoms with van der Waals surface area (Å²) >= 11 is 0. The number of hydrogen-bond acceptors (Lipinski definition) is 5. The predicted molar refractivity (Wildman–Crippen MR) is 92.1 cm³/mol. The van der Waals surface area contributed by atoms with Crippen molar-refractivity contribution in [1.82, 2.24) is 14.4 Å². The topological polar surface area (TPSA) is 85.4 Å². The molecule has 0 saturated heterocycles. The molecular weight excluding hydrogens is 306 g/mol. The molecule has 0 bridgehead atoms. The summed E-state index contributed by atoms with van der Waals surface area (Å²) in [5, 5.41) is 14.0. The lowest BCUT2D eigenvalue weighted by atomic mass is 10.1. The number of fused-ring (bicyclic) bond motifs is 3. The van der Waals surface area contributed by atoms with Gasteiger partial charge in [0.05, 0.1) is 21.7 Å². The zero-order chi connectivity index (χ0) is 16.7. The van der Waals surface area contributed by atoms with Gasteiger partial charge in [-0.3, -0.25) is 14.5 Å². The van der Waals surface area contributed by atoms with Crippen LogP contribution < -0.4 is 5.32 Å². The molecule has 0 aliphatic heterocycles. The van der Waals surface area contributed by atoms with Crippen LogP contribution in [0.1, 0.15) is 0 Å². The molecular formula is C17H13N5O2. The van der Waals surface area contributed by atoms with Crippen LogP contribution in [0.3, 0.4) is 0 Å². The number of imidazole rings is 1. The van der Waals surface area contributed by atoms with Gasteiger partial charge in [0.15, 0.2) is 11.5 Å². The minimum Gasteiger partial charge on any atom is -0.370 e. The van der Waals surface area contributed by atoms with Gasteiger partial charge in [-0.05, 0) is 12.1 Å². The van der Waals surface area contributed by atoms with Gasteiger partial charge in [-0.2, -0.15) is 0 Å². The average Bonchev–Trinajstić information content (AvgIpc) is 3.06. The SMILES string of the molecule is CNc1nc2ccccc2n2cc(-c3cccc([N+](=O)[O-])c3)nc12. The highest BCUT2D eigenvalue weighted by Gasteiger charge is 2.14. The molecule has 1 N–H and O–H groups in total. The van der Waals surface area contributed by atoms with Crippen LogP contribution in [0.15, 0.2) is 54.7 Å². The molecule has 4 rings (SSSR count). The minimum atomic E-state index is -0.407. The molecule has 0 saturated carbocycles. The van der Waals surface area contributed by atoms with Crippen LogP contribution in [-0.2, 0) is 0 Å². The molecule has 0 radical (unpaired) electrons. The van der Waals surface area contributed by atoms with Crippen molar-refractivity contribution in [3.8, 4) is 11.3 Å². The number of rotatable bonds is 3. The number of non-ortho nitro benzene ring substituents is 1. The number of anilines is 1. The van der Waals surface area contributed by atoms with Crippen molar-refractivity contribution < 1.29 is 4.92 Å². The van der Waals surface area contributed by atoms with Crippen molar-refractivity contribution in [2.45, 2.75) is 0 Å². The lowest BCUT2D eigenvalue weighted by Gasteiger charge is -2.05. The van der Waals surface area contributed by atoms with E-state index in [1.165, 1.54) is 12.1 Å². The maximum Gasteiger partial charge on any atom is 0.270 e. The third-order valence-corrected chi connectivity index (χ3v) is 3.88. The van der Waals surface area contributed by atoms with Gasteiger partial charge in [0, 0.05) is 30.9 Å². The molecule has 4 aromatic rings. The second kappa shape index (κ2) is 5.31. The van der Waals surface area contributed by atoms with E-state index in [9.17, 15) is 10.1 Å². The number of nitro benzene ring substituents is 1. The highest BCUT2D eigenvalue weighted by atomic mass is 16.6. The van der Waals surface area contributed by atoms with Gasteiger partial charge in [-0.25, -0.2) is 9.97 Å². The van der Waals surface area contributed by atoms with E-state index in [2.05, 4.69) is 15.3 Å². The van der Waals surface area contributed by atoms with Gasteiger partial charge in [-0.15, -0.1) is 0 Å². The smallest absolute Gasteiger partial charge is 0.270 e. The maximum atomic E-state index is 11.0. The van der Waals surface area contributed by atoms with E-state index < -0.39 is 4.92 Å². The second-order valence-electron chi connectivity index (χ2n) is 5.33. The Labute approximate surface area is 136 Å². The summed E-state index contributed by atoms with van der Waals surface area (Å²) in [6, 6.07) is 14.2. The first-order valence-electron chi connectivity index (χ1n) is 7.38. The Bertz CT molecular complexity index is 1090. The Kier molecular flexibility index (Phi) is 3.13. The summed E-state index contributed by atoms with van der Waals surface area (Å²) in [7, 11) is 1.79. The summed E-state index contributed by atoms with van der Waals surface area (Å²) in [6.07, 6.45) is 1.87. The van der Waals surface area contributed by atoms with E-state index in [-0.39, 0.29) is 5.69 Å². The number of nitro groups is 1. The van der Waals surface area contributed by atoms with E-state index in [1.54, 1.807) is 13.1 Å². The van der Waals surface area contributed by atoms with Gasteiger partial charge in [0.25, 0.3) is 5.69 Å². The lowest BCUT2D eigenvalue weighted by molar-refractivity contribution is -0.384. The Morgan fingerprint density at radius 3 is 2.75 bits per heavy atom. The molecule has 0 spiro atoms. The van der Waals surface area contributed by atoms with Crippen molar-refractivity contribution >= 4 is 28.2 Å². The fraction of sp³-hybridized carbons (Fsp3) is 0.0588. The Morgan fingerprint density at radius 2 is 1.96 bits per heavy atom. The molecule has 0 fully saturated rings. The molecule has 0 aliphatic rings. The molecule has 0 aliphatic carbocycles. The van der Waals surface area contributed by atoms with Crippen LogP contribution in [0, 0.1) is 10.1 Å². The lowest BCUT2D eigenvalue weighted by Crippen LogP contribution is -1.98. The Balaban J connectivity index is 2.00. The zero-order valence-corrected chi connectivity index (χ0v) is 12.8. The first kappa shape index (κ1) is 14.1. The van der Waals surface area contributed by atoms with E-state index in [1.807, 2.05) is 40.9 Å². The molecule has 24 heavy (non-hydrogen) atoms. The van der Waals surface area contributed by atoms with Gasteiger partial charge < -0.3 is 5.32 Å². The van der Waals surface area contributed by atoms with Gasteiger partial charge in [-0.1, -0.05) is 24.3 Å². The number of nitrogens with zero attached hydrogens (tertiary/aromatic N) is 4. The second-order valence-corrected chi connectivity index (χ2v) is 5.33. The van der Waals surface area contributed by atoms with Crippen molar-refractivity contribution in [3.05, 3.63) is 64.8 Å². The largest absolute Gasteiger partial charge is 0.370 e. The molecule has 7 nitrogen and oxygen atoms in total. The monoisotopic (exact) mass is 319 g/mol. The molecule has 2 aromatic carbocycles. The van der Waals surface area contributed by atoms with Crippen LogP contribution >= 0.6 is 0 Å². The van der Waals surface area contributed by atoms with E-state index >= 15 is 0 Å². The van der Waals surface area contributed by atoms with E-state index in [4.69, 9.17) is 0 Å². The summed E-state index contributed by atoms with van der Waals surface area (Å²) < 4.78 is 1.95. The van der Waals surface area contributed by atoms with Gasteiger partial charge in [0.2, 0.25) is 0 Å². The molecule has 118 valence electrons. The number of hydrogen-bond donors (Lipinski definition) is 1. The highest BCUT2D eigenvalue weighted by molar-refractivity contribution is 5.84. The van der Waals surface area contributed by atoms with Gasteiger partial charge >= 0.3 is 0 Å². The standard InChI is InChI=1S/C17H13N5O2/c1-18-16-17-20-14(11-5-4-6-12(9-11)22(23)24)10-21(17)15-8-3-2-7-13(15)19-16/h2-10H,1H3,(H,18,19). The summed E-state index contributed by atoms with van der Waals surface area (Å²) in [5.41, 5.74) is 3.85. The van der Waals surface area contributed by atoms with Crippen molar-refractivity contribution in [3.63, 3.8) is 0 Å². The maximum absolute atomic E-state index is 11.0. The van der Waals surface area contributed by atoms with E-state index in [0.29, 0.717) is 22.7 Å². The zero-order valence-electron chi connectivity index (χ0n) is 12.8. The fourth-order valence-electron chi connectivity index (χ4n) is 2.75. The number of nitrogens with one attached hydrogen (secondary N) is 1. The molecule has 7 heteroatoms. The van der Waals surface area contributed by atoms with Crippen LogP contribution in [0.2, 0.25) is 0 Å². The van der Waals surface area contributed by atoms with Gasteiger partial charge in [0.1, 0.15) is 0 Å². The Hall–Kier alpha value is -3.48. The molecule has 2 heterocycles. The van der Waals surface area contributed by atoms with Crippen LogP contribution in [0.5, 0.6) is 0 Å². The van der Waals surface area contributed by atoms with E-state index in [0.717, 1.165) is 11.0 Å². The summed E-state index contributed by atoms with van der Waals surface area (Å²) in [5.74, 6) is 0.658. The average molecular weight is 319 g/mol. The third-order valence-electron chi connectivity index (χ3n) is 3.88. The Morgan fingerprint density at radius 1 is 1.12 bits per heavy atom. The predicted octanol–water partition coefficient (Wildman–Crippen LogP) is 3.50. The number of benzene rings is 2. The first-order valence-corrected chi connectivity index (χ1v) is 7.38. The van der Waals surface area contributed by atoms with Crippen molar-refractivity contribution in [2.24, 2.45) is 0 Å². The van der Waals surface area contributed by atoms with Crippen LogP contribution in [0.25, 0.3) is 27.9 Å². The summed E-state index contributed by atoms with van der Waals surface area (Å²) in [6.45, 7) is 0. The van der Waals surface area contributed by atoms with Crippen molar-refractivity contribution in [1.29, 1.82) is 0 Å². The molecule has 2 aromatic heterocycles. The normalized spacial score (nSPS) is 11.0. The molecule has 0 amide bonds. The third kappa shape index (κ3) is 2.14. The number of aromatic nitrogens is 3. The van der Waals surface area contributed by atoms with Crippen molar-refractivity contribution in [2.75, 3.05) is 12.4 Å². The first-order chi connectivity index (χ1) is 11.7.